The molecule has 112 valence electrons. The lowest BCUT2D eigenvalue weighted by Crippen LogP contribution is -2.26. The van der Waals surface area contributed by atoms with Crippen LogP contribution in [-0.2, 0) is 11.3 Å². The van der Waals surface area contributed by atoms with Crippen molar-refractivity contribution in [3.8, 4) is 5.75 Å². The van der Waals surface area contributed by atoms with E-state index in [0.717, 1.165) is 30.6 Å². The topological polar surface area (TPSA) is 58.6 Å². The molecule has 0 saturated carbocycles. The van der Waals surface area contributed by atoms with Crippen molar-refractivity contribution >= 4 is 5.97 Å². The summed E-state index contributed by atoms with van der Waals surface area (Å²) in [5.74, 6) is -0.224. The first-order chi connectivity index (χ1) is 9.49. The monoisotopic (exact) mass is 279 g/mol. The second-order valence-corrected chi connectivity index (χ2v) is 5.09. The van der Waals surface area contributed by atoms with Crippen LogP contribution in [0.25, 0.3) is 0 Å². The summed E-state index contributed by atoms with van der Waals surface area (Å²) in [6.07, 6.45) is 0.778. The smallest absolute Gasteiger partial charge is 0.344 e. The molecular formula is C16H25NO3. The van der Waals surface area contributed by atoms with Crippen LogP contribution < -0.4 is 10.1 Å². The normalized spacial score (nSPS) is 12.2. The molecule has 0 heterocycles. The molecule has 0 aromatic heterocycles. The number of carbonyl (C=O) groups is 1. The molecule has 20 heavy (non-hydrogen) atoms. The summed E-state index contributed by atoms with van der Waals surface area (Å²) in [5.41, 5.74) is 3.17. The highest BCUT2D eigenvalue weighted by molar-refractivity contribution is 5.72. The van der Waals surface area contributed by atoms with Gasteiger partial charge >= 0.3 is 5.97 Å². The van der Waals surface area contributed by atoms with E-state index in [4.69, 9.17) is 9.84 Å². The molecule has 4 heteroatoms. The molecule has 1 unspecified atom stereocenters. The van der Waals surface area contributed by atoms with Crippen LogP contribution in [0.4, 0.5) is 0 Å². The number of hydrogen-bond donors (Lipinski definition) is 2. The minimum Gasteiger partial charge on any atom is -0.479 e. The number of aryl methyl sites for hydroxylation is 2. The second-order valence-electron chi connectivity index (χ2n) is 5.09. The van der Waals surface area contributed by atoms with E-state index in [-0.39, 0.29) is 0 Å². The van der Waals surface area contributed by atoms with E-state index < -0.39 is 12.1 Å². The molecule has 0 fully saturated rings. The van der Waals surface area contributed by atoms with Gasteiger partial charge in [-0.3, -0.25) is 0 Å². The van der Waals surface area contributed by atoms with Crippen LogP contribution in [0.15, 0.2) is 12.1 Å². The van der Waals surface area contributed by atoms with Gasteiger partial charge in [0.05, 0.1) is 0 Å². The van der Waals surface area contributed by atoms with E-state index >= 15 is 0 Å². The van der Waals surface area contributed by atoms with E-state index in [1.807, 2.05) is 20.8 Å². The van der Waals surface area contributed by atoms with Crippen molar-refractivity contribution in [1.82, 2.24) is 5.32 Å². The van der Waals surface area contributed by atoms with E-state index in [1.165, 1.54) is 5.56 Å². The maximum absolute atomic E-state index is 11.1. The highest BCUT2D eigenvalue weighted by atomic mass is 16.5. The largest absolute Gasteiger partial charge is 0.479 e. The second kappa shape index (κ2) is 7.90. The molecule has 0 radical (unpaired) electrons. The summed E-state index contributed by atoms with van der Waals surface area (Å²) in [7, 11) is 0. The fourth-order valence-electron chi connectivity index (χ4n) is 2.19. The lowest BCUT2D eigenvalue weighted by molar-refractivity contribution is -0.145. The Morgan fingerprint density at radius 2 is 1.90 bits per heavy atom. The van der Waals surface area contributed by atoms with Crippen LogP contribution in [-0.4, -0.2) is 23.7 Å². The highest BCUT2D eigenvalue weighted by Crippen LogP contribution is 2.26. The first-order valence-electron chi connectivity index (χ1n) is 7.19. The molecule has 0 aliphatic heterocycles. The maximum atomic E-state index is 11.1. The third kappa shape index (κ3) is 4.53. The number of rotatable bonds is 8. The van der Waals surface area contributed by atoms with E-state index in [1.54, 1.807) is 0 Å². The van der Waals surface area contributed by atoms with Gasteiger partial charge in [0.1, 0.15) is 5.75 Å². The molecule has 1 aromatic rings. The van der Waals surface area contributed by atoms with Gasteiger partial charge in [-0.1, -0.05) is 26.0 Å². The van der Waals surface area contributed by atoms with Gasteiger partial charge in [0, 0.05) is 6.54 Å². The molecule has 1 rings (SSSR count). The quantitative estimate of drug-likeness (QED) is 0.718. The molecule has 2 N–H and O–H groups in total. The molecule has 1 aromatic carbocycles. The van der Waals surface area contributed by atoms with Gasteiger partial charge < -0.3 is 15.2 Å². The van der Waals surface area contributed by atoms with Crippen molar-refractivity contribution in [3.05, 3.63) is 28.8 Å². The number of aliphatic carboxylic acids is 1. The van der Waals surface area contributed by atoms with E-state index in [2.05, 4.69) is 24.4 Å². The minimum atomic E-state index is -0.917. The van der Waals surface area contributed by atoms with Crippen LogP contribution in [0, 0.1) is 13.8 Å². The van der Waals surface area contributed by atoms with E-state index in [0.29, 0.717) is 12.2 Å². The third-order valence-electron chi connectivity index (χ3n) is 3.18. The summed E-state index contributed by atoms with van der Waals surface area (Å²) >= 11 is 0. The van der Waals surface area contributed by atoms with Gasteiger partial charge in [-0.05, 0) is 49.9 Å². The lowest BCUT2D eigenvalue weighted by atomic mass is 10.1. The number of hydrogen-bond acceptors (Lipinski definition) is 3. The molecule has 0 bridgehead atoms. The molecule has 0 aliphatic rings. The Morgan fingerprint density at radius 3 is 2.35 bits per heavy atom. The van der Waals surface area contributed by atoms with Crippen molar-refractivity contribution in [3.63, 3.8) is 0 Å². The van der Waals surface area contributed by atoms with Crippen LogP contribution in [0.3, 0.4) is 0 Å². The summed E-state index contributed by atoms with van der Waals surface area (Å²) < 4.78 is 5.65. The predicted molar refractivity (Wildman–Crippen MR) is 80.3 cm³/mol. The van der Waals surface area contributed by atoms with Crippen LogP contribution in [0.5, 0.6) is 5.75 Å². The lowest BCUT2D eigenvalue weighted by Gasteiger charge is -2.18. The Hall–Kier alpha value is -1.55. The maximum Gasteiger partial charge on any atom is 0.344 e. The standard InChI is InChI=1S/C16H25NO3/c1-5-7-17-10-13-8-11(3)15(12(4)9-13)20-14(6-2)16(18)19/h8-9,14,17H,5-7,10H2,1-4H3,(H,18,19). The Balaban J connectivity index is 2.85. The van der Waals surface area contributed by atoms with Crippen LogP contribution in [0.1, 0.15) is 43.4 Å². The number of carboxylic acid groups (broad SMARTS) is 1. The highest BCUT2D eigenvalue weighted by Gasteiger charge is 2.19. The first kappa shape index (κ1) is 16.5. The Labute approximate surface area is 121 Å². The van der Waals surface area contributed by atoms with Gasteiger partial charge in [-0.2, -0.15) is 0 Å². The van der Waals surface area contributed by atoms with Crippen molar-refractivity contribution in [2.75, 3.05) is 6.54 Å². The summed E-state index contributed by atoms with van der Waals surface area (Å²) in [4.78, 5) is 11.1. The third-order valence-corrected chi connectivity index (χ3v) is 3.18. The molecule has 4 nitrogen and oxygen atoms in total. The number of ether oxygens (including phenoxy) is 1. The zero-order chi connectivity index (χ0) is 15.1. The van der Waals surface area contributed by atoms with Crippen molar-refractivity contribution in [2.24, 2.45) is 0 Å². The summed E-state index contributed by atoms with van der Waals surface area (Å²) in [6, 6.07) is 4.11. The first-order valence-corrected chi connectivity index (χ1v) is 7.19. The molecule has 0 saturated heterocycles. The fraction of sp³-hybridized carbons (Fsp3) is 0.562. The number of carboxylic acids is 1. The van der Waals surface area contributed by atoms with E-state index in [9.17, 15) is 4.79 Å². The minimum absolute atomic E-state index is 0.452. The van der Waals surface area contributed by atoms with Crippen LogP contribution >= 0.6 is 0 Å². The predicted octanol–water partition coefficient (Wildman–Crippen LogP) is 3.05. The van der Waals surface area contributed by atoms with Crippen molar-refractivity contribution < 1.29 is 14.6 Å². The average molecular weight is 279 g/mol. The average Bonchev–Trinajstić information content (AvgIpc) is 2.38. The Morgan fingerprint density at radius 1 is 1.30 bits per heavy atom. The molecule has 1 atom stereocenters. The number of nitrogens with one attached hydrogen (secondary N) is 1. The molecule has 0 amide bonds. The molecule has 0 spiro atoms. The van der Waals surface area contributed by atoms with Gasteiger partial charge in [0.2, 0.25) is 0 Å². The van der Waals surface area contributed by atoms with Crippen molar-refractivity contribution in [1.29, 1.82) is 0 Å². The molecule has 0 aliphatic carbocycles. The molecular weight excluding hydrogens is 254 g/mol. The zero-order valence-electron chi connectivity index (χ0n) is 12.8. The summed E-state index contributed by atoms with van der Waals surface area (Å²) in [6.45, 7) is 9.68. The van der Waals surface area contributed by atoms with Crippen molar-refractivity contribution in [2.45, 2.75) is 53.2 Å². The Bertz CT molecular complexity index is 434. The van der Waals surface area contributed by atoms with Gasteiger partial charge in [-0.25, -0.2) is 4.79 Å². The van der Waals surface area contributed by atoms with Gasteiger partial charge in [0.25, 0.3) is 0 Å². The van der Waals surface area contributed by atoms with Gasteiger partial charge in [0.15, 0.2) is 6.10 Å². The fourth-order valence-corrected chi connectivity index (χ4v) is 2.19. The summed E-state index contributed by atoms with van der Waals surface area (Å²) in [5, 5.41) is 12.4. The van der Waals surface area contributed by atoms with Crippen LogP contribution in [0.2, 0.25) is 0 Å². The number of benzene rings is 1. The zero-order valence-corrected chi connectivity index (χ0v) is 12.8. The SMILES string of the molecule is CCCNCc1cc(C)c(OC(CC)C(=O)O)c(C)c1. The Kier molecular flexibility index (Phi) is 6.52. The van der Waals surface area contributed by atoms with Gasteiger partial charge in [-0.15, -0.1) is 0 Å².